The van der Waals surface area contributed by atoms with Gasteiger partial charge >= 0.3 is 12.1 Å². The minimum absolute atomic E-state index is 0.0114. The molecule has 0 aliphatic carbocycles. The molecule has 2 aliphatic rings. The van der Waals surface area contributed by atoms with E-state index in [-0.39, 0.29) is 36.6 Å². The van der Waals surface area contributed by atoms with Crippen LogP contribution in [0.1, 0.15) is 40.0 Å². The maximum atomic E-state index is 15.0. The highest BCUT2D eigenvalue weighted by atomic mass is 19.3. The van der Waals surface area contributed by atoms with Crippen LogP contribution < -0.4 is 30.3 Å². The van der Waals surface area contributed by atoms with E-state index in [0.717, 1.165) is 30.8 Å². The van der Waals surface area contributed by atoms with E-state index < -0.39 is 36.0 Å². The number of hydrogen-bond acceptors (Lipinski definition) is 10. The lowest BCUT2D eigenvalue weighted by Crippen LogP contribution is -2.60. The van der Waals surface area contributed by atoms with Gasteiger partial charge in [-0.15, -0.1) is 0 Å². The number of alkyl halides is 2. The molecule has 0 unspecified atom stereocenters. The van der Waals surface area contributed by atoms with Crippen molar-refractivity contribution in [3.8, 4) is 11.8 Å². The number of aromatic nitrogens is 4. The van der Waals surface area contributed by atoms with E-state index in [4.69, 9.17) is 9.47 Å². The molecule has 13 nitrogen and oxygen atoms in total. The summed E-state index contributed by atoms with van der Waals surface area (Å²) in [5.41, 5.74) is -0.483. The van der Waals surface area contributed by atoms with Crippen LogP contribution in [0.4, 0.5) is 30.1 Å². The normalized spacial score (nSPS) is 19.3. The summed E-state index contributed by atoms with van der Waals surface area (Å²) in [5.74, 6) is -2.40. The van der Waals surface area contributed by atoms with E-state index in [1.54, 1.807) is 6.92 Å². The monoisotopic (exact) mass is 577 g/mol. The van der Waals surface area contributed by atoms with E-state index in [0.29, 0.717) is 12.5 Å². The Morgan fingerprint density at radius 1 is 1.20 bits per heavy atom. The summed E-state index contributed by atoms with van der Waals surface area (Å²) in [5, 5.41) is 8.71. The number of likely N-dealkylation sites (N-methyl/N-ethyl adjacent to an activating group) is 1. The predicted octanol–water partition coefficient (Wildman–Crippen LogP) is 2.91. The van der Waals surface area contributed by atoms with Crippen molar-refractivity contribution in [2.24, 2.45) is 5.92 Å². The molecule has 3 N–H and O–H groups in total. The molecule has 1 atom stereocenters. The van der Waals surface area contributed by atoms with E-state index in [1.807, 2.05) is 13.8 Å². The molecule has 4 heterocycles. The van der Waals surface area contributed by atoms with Crippen molar-refractivity contribution in [3.63, 3.8) is 0 Å². The molecule has 0 aromatic carbocycles. The first-order valence-corrected chi connectivity index (χ1v) is 13.6. The van der Waals surface area contributed by atoms with Gasteiger partial charge < -0.3 is 29.9 Å². The molecular formula is C26H37F2N9O4. The lowest BCUT2D eigenvalue weighted by Gasteiger charge is -2.42. The van der Waals surface area contributed by atoms with Crippen LogP contribution in [0.2, 0.25) is 0 Å². The number of carbonyl (C=O) groups excluding carboxylic acids is 2. The Kier molecular flexibility index (Phi) is 9.35. The Labute approximate surface area is 237 Å². The topological polar surface area (TPSA) is 147 Å². The number of nitrogens with one attached hydrogen (secondary N) is 3. The van der Waals surface area contributed by atoms with Gasteiger partial charge in [0.2, 0.25) is 17.7 Å². The number of amides is 3. The second-order valence-electron chi connectivity index (χ2n) is 10.6. The molecule has 2 saturated heterocycles. The molecule has 15 heteroatoms. The van der Waals surface area contributed by atoms with Crippen LogP contribution in [0.5, 0.6) is 11.8 Å². The SMILES string of the molecule is CCOc1cnc(NC(=O)N(C)[C@H]2CN(c3nccc(OC(=O)NC(C)(C)C4CCNCC4)n3)CCC2(F)F)cn1. The number of piperidine rings is 2. The first-order chi connectivity index (χ1) is 19.5. The smallest absolute Gasteiger partial charge is 0.414 e. The van der Waals surface area contributed by atoms with Crippen molar-refractivity contribution in [2.75, 3.05) is 50.1 Å². The van der Waals surface area contributed by atoms with Crippen LogP contribution in [0, 0.1) is 5.92 Å². The van der Waals surface area contributed by atoms with Crippen LogP contribution in [0.15, 0.2) is 24.7 Å². The van der Waals surface area contributed by atoms with Crippen molar-refractivity contribution in [1.82, 2.24) is 35.5 Å². The average molecular weight is 578 g/mol. The van der Waals surface area contributed by atoms with Gasteiger partial charge in [-0.25, -0.2) is 33.3 Å². The van der Waals surface area contributed by atoms with Gasteiger partial charge in [0.05, 0.1) is 19.0 Å². The molecule has 2 aromatic heterocycles. The fraction of sp³-hybridized carbons (Fsp3) is 0.615. The molecule has 3 amide bonds. The summed E-state index contributed by atoms with van der Waals surface area (Å²) in [7, 11) is 1.29. The molecule has 41 heavy (non-hydrogen) atoms. The molecule has 0 spiro atoms. The van der Waals surface area contributed by atoms with Gasteiger partial charge in [-0.3, -0.25) is 5.32 Å². The molecule has 4 rings (SSSR count). The Hall–Kier alpha value is -3.88. The molecule has 2 aromatic rings. The largest absolute Gasteiger partial charge is 0.477 e. The van der Waals surface area contributed by atoms with Gasteiger partial charge in [0, 0.05) is 44.4 Å². The van der Waals surface area contributed by atoms with Crippen LogP contribution in [0.3, 0.4) is 0 Å². The number of carbonyl (C=O) groups is 2. The first kappa shape index (κ1) is 30.1. The van der Waals surface area contributed by atoms with Crippen LogP contribution >= 0.6 is 0 Å². The second kappa shape index (κ2) is 12.7. The van der Waals surface area contributed by atoms with Crippen molar-refractivity contribution in [1.29, 1.82) is 0 Å². The number of halogens is 2. The molecule has 224 valence electrons. The number of rotatable bonds is 8. The average Bonchev–Trinajstić information content (AvgIpc) is 2.94. The number of ether oxygens (including phenoxy) is 2. The highest BCUT2D eigenvalue weighted by Gasteiger charge is 2.48. The zero-order valence-corrected chi connectivity index (χ0v) is 23.7. The van der Waals surface area contributed by atoms with Crippen LogP contribution in [0.25, 0.3) is 0 Å². The Balaban J connectivity index is 1.39. The number of nitrogens with zero attached hydrogens (tertiary/aromatic N) is 6. The zero-order chi connectivity index (χ0) is 29.6. The van der Waals surface area contributed by atoms with Crippen molar-refractivity contribution in [2.45, 2.75) is 57.5 Å². The third kappa shape index (κ3) is 7.65. The predicted molar refractivity (Wildman–Crippen MR) is 146 cm³/mol. The summed E-state index contributed by atoms with van der Waals surface area (Å²) >= 11 is 0. The summed E-state index contributed by atoms with van der Waals surface area (Å²) in [6.07, 6.45) is 4.69. The van der Waals surface area contributed by atoms with Gasteiger partial charge in [-0.2, -0.15) is 4.98 Å². The fourth-order valence-electron chi connectivity index (χ4n) is 4.98. The second-order valence-corrected chi connectivity index (χ2v) is 10.6. The summed E-state index contributed by atoms with van der Waals surface area (Å²) < 4.78 is 40.6. The molecule has 2 fully saturated rings. The molecule has 0 bridgehead atoms. The van der Waals surface area contributed by atoms with Crippen molar-refractivity contribution >= 4 is 23.9 Å². The van der Waals surface area contributed by atoms with Gasteiger partial charge in [0.1, 0.15) is 6.04 Å². The lowest BCUT2D eigenvalue weighted by atomic mass is 9.81. The van der Waals surface area contributed by atoms with E-state index in [1.165, 1.54) is 36.6 Å². The Morgan fingerprint density at radius 3 is 2.63 bits per heavy atom. The Bertz CT molecular complexity index is 1200. The maximum Gasteiger partial charge on any atom is 0.414 e. The molecular weight excluding hydrogens is 540 g/mol. The highest BCUT2D eigenvalue weighted by Crippen LogP contribution is 2.33. The number of anilines is 2. The van der Waals surface area contributed by atoms with Crippen LogP contribution in [-0.4, -0.2) is 94.3 Å². The van der Waals surface area contributed by atoms with E-state index >= 15 is 0 Å². The number of urea groups is 1. The molecule has 0 radical (unpaired) electrons. The quantitative estimate of drug-likeness (QED) is 0.428. The highest BCUT2D eigenvalue weighted by molar-refractivity contribution is 5.88. The standard InChI is InChI=1S/C26H37F2N9O4/c1-5-40-21-15-31-19(14-32-21)33-23(38)36(4)18-16-37(13-9-26(18,27)28)22-30-12-8-20(34-22)41-24(39)35-25(2,3)17-6-10-29-11-7-17/h8,12,14-15,17-18,29H,5-7,9-11,13,16H2,1-4H3,(H,35,39)(H,31,33,38)/t18-/m0/s1. The molecule has 0 saturated carbocycles. The summed E-state index contributed by atoms with van der Waals surface area (Å²) in [4.78, 5) is 44.5. The first-order valence-electron chi connectivity index (χ1n) is 13.6. The third-order valence-corrected chi connectivity index (χ3v) is 7.42. The third-order valence-electron chi connectivity index (χ3n) is 7.42. The molecule has 2 aliphatic heterocycles. The van der Waals surface area contributed by atoms with Gasteiger partial charge in [-0.05, 0) is 52.6 Å². The van der Waals surface area contributed by atoms with Crippen LogP contribution in [-0.2, 0) is 0 Å². The zero-order valence-electron chi connectivity index (χ0n) is 23.7. The van der Waals surface area contributed by atoms with Crippen molar-refractivity contribution < 1.29 is 27.8 Å². The summed E-state index contributed by atoms with van der Waals surface area (Å²) in [6.45, 7) is 7.59. The maximum absolute atomic E-state index is 15.0. The number of hydrogen-bond donors (Lipinski definition) is 3. The van der Waals surface area contributed by atoms with Gasteiger partial charge in [0.25, 0.3) is 5.92 Å². The van der Waals surface area contributed by atoms with E-state index in [2.05, 4.69) is 35.9 Å². The minimum atomic E-state index is -3.17. The lowest BCUT2D eigenvalue weighted by molar-refractivity contribution is -0.0760. The van der Waals surface area contributed by atoms with Crippen molar-refractivity contribution in [3.05, 3.63) is 24.7 Å². The minimum Gasteiger partial charge on any atom is -0.477 e. The summed E-state index contributed by atoms with van der Waals surface area (Å²) in [6, 6.07) is -0.844. The van der Waals surface area contributed by atoms with Gasteiger partial charge in [0.15, 0.2) is 5.82 Å². The Morgan fingerprint density at radius 2 is 1.95 bits per heavy atom. The van der Waals surface area contributed by atoms with Gasteiger partial charge in [-0.1, -0.05) is 0 Å². The fourth-order valence-corrected chi connectivity index (χ4v) is 4.98. The van der Waals surface area contributed by atoms with E-state index in [9.17, 15) is 18.4 Å².